The topological polar surface area (TPSA) is 34.1 Å². The summed E-state index contributed by atoms with van der Waals surface area (Å²) < 4.78 is 19.4. The lowest BCUT2D eigenvalue weighted by atomic mass is 10.3. The second kappa shape index (κ2) is 6.52. The molecule has 0 bridgehead atoms. The molecule has 1 heterocycles. The summed E-state index contributed by atoms with van der Waals surface area (Å²) >= 11 is 3.10. The average molecular weight is 325 g/mol. The van der Waals surface area contributed by atoms with Crippen molar-refractivity contribution in [1.82, 2.24) is 4.98 Å². The van der Waals surface area contributed by atoms with Gasteiger partial charge in [0.15, 0.2) is 0 Å². The molecule has 1 N–H and O–H groups in total. The van der Waals surface area contributed by atoms with E-state index in [0.717, 1.165) is 18.8 Å². The summed E-state index contributed by atoms with van der Waals surface area (Å²) in [6.45, 7) is 2.93. The number of ether oxygens (including phenoxy) is 1. The normalized spacial score (nSPS) is 10.3. The highest BCUT2D eigenvalue weighted by molar-refractivity contribution is 9.10. The lowest BCUT2D eigenvalue weighted by Gasteiger charge is -2.08. The molecule has 5 heteroatoms. The molecule has 0 fully saturated rings. The van der Waals surface area contributed by atoms with Crippen molar-refractivity contribution in [3.63, 3.8) is 0 Å². The number of aromatic nitrogens is 1. The molecule has 0 spiro atoms. The van der Waals surface area contributed by atoms with Crippen LogP contribution < -0.4 is 10.1 Å². The van der Waals surface area contributed by atoms with E-state index in [1.807, 2.05) is 0 Å². The summed E-state index contributed by atoms with van der Waals surface area (Å²) in [6.07, 6.45) is 2.67. The smallest absolute Gasteiger partial charge is 0.141 e. The fourth-order valence-corrected chi connectivity index (χ4v) is 1.75. The molecule has 0 radical (unpaired) electrons. The maximum absolute atomic E-state index is 13.4. The Morgan fingerprint density at radius 2 is 2.05 bits per heavy atom. The Kier molecular flexibility index (Phi) is 4.74. The van der Waals surface area contributed by atoms with Crippen molar-refractivity contribution in [2.75, 3.05) is 11.9 Å². The minimum Gasteiger partial charge on any atom is -0.457 e. The summed E-state index contributed by atoms with van der Waals surface area (Å²) in [7, 11) is 0. The molecule has 19 heavy (non-hydrogen) atoms. The first kappa shape index (κ1) is 13.8. The van der Waals surface area contributed by atoms with E-state index in [1.165, 1.54) is 6.07 Å². The zero-order chi connectivity index (χ0) is 13.7. The van der Waals surface area contributed by atoms with Crippen LogP contribution >= 0.6 is 15.9 Å². The van der Waals surface area contributed by atoms with E-state index in [4.69, 9.17) is 4.74 Å². The number of benzene rings is 1. The molecule has 2 rings (SSSR count). The highest BCUT2D eigenvalue weighted by atomic mass is 79.9. The fourth-order valence-electron chi connectivity index (χ4n) is 1.50. The summed E-state index contributed by atoms with van der Waals surface area (Å²) in [4.78, 5) is 4.18. The summed E-state index contributed by atoms with van der Waals surface area (Å²) in [5.41, 5.74) is 0. The molecule has 0 saturated heterocycles. The zero-order valence-electron chi connectivity index (χ0n) is 10.5. The second-order valence-corrected chi connectivity index (χ2v) is 4.84. The highest BCUT2D eigenvalue weighted by Crippen LogP contribution is 2.26. The number of hydrogen-bond donors (Lipinski definition) is 1. The van der Waals surface area contributed by atoms with E-state index in [2.05, 4.69) is 33.2 Å². The van der Waals surface area contributed by atoms with Crippen LogP contribution in [0.4, 0.5) is 10.2 Å². The van der Waals surface area contributed by atoms with Gasteiger partial charge in [-0.25, -0.2) is 9.37 Å². The van der Waals surface area contributed by atoms with E-state index in [-0.39, 0.29) is 5.82 Å². The lowest BCUT2D eigenvalue weighted by molar-refractivity contribution is 0.476. The predicted octanol–water partition coefficient (Wildman–Crippen LogP) is 4.60. The monoisotopic (exact) mass is 324 g/mol. The van der Waals surface area contributed by atoms with Crippen LogP contribution in [0.2, 0.25) is 0 Å². The number of anilines is 1. The molecule has 100 valence electrons. The van der Waals surface area contributed by atoms with Gasteiger partial charge in [-0.3, -0.25) is 0 Å². The number of nitrogens with zero attached hydrogens (tertiary/aromatic N) is 1. The quantitative estimate of drug-likeness (QED) is 0.872. The van der Waals surface area contributed by atoms with Gasteiger partial charge < -0.3 is 10.1 Å². The Bertz CT molecular complexity index is 563. The van der Waals surface area contributed by atoms with E-state index < -0.39 is 0 Å². The van der Waals surface area contributed by atoms with Crippen LogP contribution in [-0.2, 0) is 0 Å². The first-order valence-corrected chi connectivity index (χ1v) is 6.81. The van der Waals surface area contributed by atoms with Crippen molar-refractivity contribution < 1.29 is 9.13 Å². The molecular weight excluding hydrogens is 311 g/mol. The predicted molar refractivity (Wildman–Crippen MR) is 77.2 cm³/mol. The third kappa shape index (κ3) is 3.92. The van der Waals surface area contributed by atoms with Gasteiger partial charge in [-0.1, -0.05) is 6.92 Å². The average Bonchev–Trinajstić information content (AvgIpc) is 2.41. The van der Waals surface area contributed by atoms with Crippen molar-refractivity contribution in [2.24, 2.45) is 0 Å². The van der Waals surface area contributed by atoms with Gasteiger partial charge >= 0.3 is 0 Å². The Morgan fingerprint density at radius 1 is 1.26 bits per heavy atom. The Morgan fingerprint density at radius 3 is 2.79 bits per heavy atom. The van der Waals surface area contributed by atoms with Crippen LogP contribution in [0.5, 0.6) is 11.5 Å². The molecule has 0 aliphatic rings. The zero-order valence-corrected chi connectivity index (χ0v) is 12.1. The Labute approximate surface area is 119 Å². The number of hydrogen-bond acceptors (Lipinski definition) is 3. The fraction of sp³-hybridized carbons (Fsp3) is 0.214. The summed E-state index contributed by atoms with van der Waals surface area (Å²) in [5.74, 6) is 1.47. The lowest BCUT2D eigenvalue weighted by Crippen LogP contribution is -2.01. The minimum atomic E-state index is -0.351. The molecule has 0 unspecified atom stereocenters. The first-order chi connectivity index (χ1) is 9.19. The van der Waals surface area contributed by atoms with Crippen molar-refractivity contribution in [1.29, 1.82) is 0 Å². The van der Waals surface area contributed by atoms with Gasteiger partial charge in [0.25, 0.3) is 0 Å². The minimum absolute atomic E-state index is 0.351. The number of halogens is 2. The van der Waals surface area contributed by atoms with Gasteiger partial charge in [0.1, 0.15) is 23.1 Å². The van der Waals surface area contributed by atoms with Crippen LogP contribution in [0, 0.1) is 5.82 Å². The van der Waals surface area contributed by atoms with E-state index >= 15 is 0 Å². The molecule has 0 aliphatic heterocycles. The Hall–Kier alpha value is -1.62. The van der Waals surface area contributed by atoms with Crippen molar-refractivity contribution in [3.05, 3.63) is 46.8 Å². The molecule has 0 amide bonds. The largest absolute Gasteiger partial charge is 0.457 e. The first-order valence-electron chi connectivity index (χ1n) is 6.02. The molecular formula is C14H14BrFN2O. The maximum Gasteiger partial charge on any atom is 0.141 e. The second-order valence-electron chi connectivity index (χ2n) is 3.98. The van der Waals surface area contributed by atoms with E-state index in [0.29, 0.717) is 16.0 Å². The number of nitrogens with one attached hydrogen (secondary N) is 1. The van der Waals surface area contributed by atoms with Gasteiger partial charge in [-0.2, -0.15) is 0 Å². The highest BCUT2D eigenvalue weighted by Gasteiger charge is 2.03. The van der Waals surface area contributed by atoms with E-state index in [9.17, 15) is 4.39 Å². The molecule has 3 nitrogen and oxygen atoms in total. The van der Waals surface area contributed by atoms with Crippen molar-refractivity contribution in [2.45, 2.75) is 13.3 Å². The summed E-state index contributed by atoms with van der Waals surface area (Å²) in [6, 6.07) is 8.17. The van der Waals surface area contributed by atoms with Crippen LogP contribution in [0.25, 0.3) is 0 Å². The summed E-state index contributed by atoms with van der Waals surface area (Å²) in [5, 5.41) is 3.17. The molecule has 1 aromatic carbocycles. The number of pyridine rings is 1. The third-order valence-electron chi connectivity index (χ3n) is 2.41. The SMILES string of the molecule is CCCNc1cc(Oc2ccc(Br)c(F)c2)ccn1. The van der Waals surface area contributed by atoms with Crippen LogP contribution in [0.3, 0.4) is 0 Å². The van der Waals surface area contributed by atoms with Crippen molar-refractivity contribution in [3.8, 4) is 11.5 Å². The molecule has 1 aromatic heterocycles. The van der Waals surface area contributed by atoms with Gasteiger partial charge in [0, 0.05) is 24.9 Å². The maximum atomic E-state index is 13.4. The van der Waals surface area contributed by atoms with Gasteiger partial charge in [0.2, 0.25) is 0 Å². The third-order valence-corrected chi connectivity index (χ3v) is 3.06. The van der Waals surface area contributed by atoms with Crippen LogP contribution in [-0.4, -0.2) is 11.5 Å². The number of rotatable bonds is 5. The van der Waals surface area contributed by atoms with Crippen molar-refractivity contribution >= 4 is 21.7 Å². The molecule has 0 aliphatic carbocycles. The van der Waals surface area contributed by atoms with Gasteiger partial charge in [-0.15, -0.1) is 0 Å². The Balaban J connectivity index is 2.11. The molecule has 0 atom stereocenters. The van der Waals surface area contributed by atoms with E-state index in [1.54, 1.807) is 30.5 Å². The van der Waals surface area contributed by atoms with Crippen LogP contribution in [0.15, 0.2) is 41.0 Å². The molecule has 0 saturated carbocycles. The standard InChI is InChI=1S/C14H14BrFN2O/c1-2-6-17-14-9-11(5-7-18-14)19-10-3-4-12(15)13(16)8-10/h3-5,7-9H,2,6H2,1H3,(H,17,18). The van der Waals surface area contributed by atoms with Gasteiger partial charge in [-0.05, 0) is 40.5 Å². The molecule has 2 aromatic rings. The van der Waals surface area contributed by atoms with Crippen LogP contribution in [0.1, 0.15) is 13.3 Å². The van der Waals surface area contributed by atoms with Gasteiger partial charge in [0.05, 0.1) is 4.47 Å².